The number of ketones is 1. The van der Waals surface area contributed by atoms with Crippen molar-refractivity contribution in [1.82, 2.24) is 4.98 Å². The first-order chi connectivity index (χ1) is 14.5. The topological polar surface area (TPSA) is 79.7 Å². The van der Waals surface area contributed by atoms with Crippen molar-refractivity contribution in [3.8, 4) is 0 Å². The highest BCUT2D eigenvalue weighted by Crippen LogP contribution is 2.60. The van der Waals surface area contributed by atoms with Crippen LogP contribution in [0.2, 0.25) is 0 Å². The van der Waals surface area contributed by atoms with Gasteiger partial charge in [0.1, 0.15) is 10.8 Å². The maximum absolute atomic E-state index is 13.4. The predicted molar refractivity (Wildman–Crippen MR) is 114 cm³/mol. The predicted octanol–water partition coefficient (Wildman–Crippen LogP) is 3.97. The van der Waals surface area contributed by atoms with Crippen LogP contribution < -0.4 is 0 Å². The molecular weight excluding hydrogens is 398 g/mol. The van der Waals surface area contributed by atoms with Gasteiger partial charge in [0.2, 0.25) is 11.4 Å². The second kappa shape index (κ2) is 5.86. The molecule has 0 radical (unpaired) electrons. The van der Waals surface area contributed by atoms with E-state index in [4.69, 9.17) is 4.74 Å². The number of aromatic nitrogens is 1. The molecule has 6 heteroatoms. The highest BCUT2D eigenvalue weighted by molar-refractivity contribution is 7.19. The number of hydrogen-bond acceptors (Lipinski definition) is 6. The fraction of sp³-hybridized carbons (Fsp3) is 0.0833. The summed E-state index contributed by atoms with van der Waals surface area (Å²) in [6.45, 7) is 0. The van der Waals surface area contributed by atoms with Crippen molar-refractivity contribution in [2.45, 2.75) is 11.4 Å². The molecule has 0 spiro atoms. The van der Waals surface area contributed by atoms with Crippen molar-refractivity contribution < 1.29 is 19.7 Å². The van der Waals surface area contributed by atoms with Gasteiger partial charge in [-0.15, -0.1) is 11.3 Å². The summed E-state index contributed by atoms with van der Waals surface area (Å²) in [6, 6.07) is 23.3. The van der Waals surface area contributed by atoms with Gasteiger partial charge in [0, 0.05) is 16.7 Å². The van der Waals surface area contributed by atoms with Gasteiger partial charge in [-0.1, -0.05) is 66.7 Å². The lowest BCUT2D eigenvalue weighted by molar-refractivity contribution is -0.220. The van der Waals surface area contributed by atoms with E-state index in [1.54, 1.807) is 24.3 Å². The van der Waals surface area contributed by atoms with Crippen LogP contribution in [0.15, 0.2) is 78.9 Å². The Balaban J connectivity index is 1.68. The number of benzene rings is 3. The van der Waals surface area contributed by atoms with Crippen LogP contribution in [0.4, 0.5) is 0 Å². The van der Waals surface area contributed by atoms with E-state index in [2.05, 4.69) is 4.98 Å². The zero-order valence-corrected chi connectivity index (χ0v) is 16.4. The summed E-state index contributed by atoms with van der Waals surface area (Å²) < 4.78 is 6.96. The maximum atomic E-state index is 13.4. The third-order valence-corrected chi connectivity index (χ3v) is 6.79. The molecule has 146 valence electrons. The molecule has 2 aliphatic rings. The number of fused-ring (bicyclic) bond motifs is 4. The van der Waals surface area contributed by atoms with E-state index in [1.807, 2.05) is 54.6 Å². The SMILES string of the molecule is O=C1c2ccccc2[C@@]2(O)OC(c3ccccc3)=C(c3nc4ccccc4s3)[C@]12O. The average molecular weight is 413 g/mol. The van der Waals surface area contributed by atoms with Crippen LogP contribution in [-0.4, -0.2) is 26.6 Å². The molecule has 4 aromatic rings. The van der Waals surface area contributed by atoms with Crippen LogP contribution in [0, 0.1) is 0 Å². The van der Waals surface area contributed by atoms with Crippen molar-refractivity contribution in [3.63, 3.8) is 0 Å². The van der Waals surface area contributed by atoms with E-state index in [9.17, 15) is 15.0 Å². The number of thiazole rings is 1. The van der Waals surface area contributed by atoms with E-state index in [1.165, 1.54) is 11.3 Å². The Morgan fingerprint density at radius 2 is 1.57 bits per heavy atom. The minimum absolute atomic E-state index is 0.193. The van der Waals surface area contributed by atoms with Crippen LogP contribution in [0.3, 0.4) is 0 Å². The van der Waals surface area contributed by atoms with Crippen molar-refractivity contribution in [3.05, 3.63) is 101 Å². The Labute approximate surface area is 175 Å². The van der Waals surface area contributed by atoms with Gasteiger partial charge in [-0.2, -0.15) is 0 Å². The minimum Gasteiger partial charge on any atom is -0.453 e. The summed E-state index contributed by atoms with van der Waals surface area (Å²) in [5, 5.41) is 23.9. The Kier molecular flexibility index (Phi) is 3.42. The number of ether oxygens (including phenoxy) is 1. The monoisotopic (exact) mass is 413 g/mol. The molecule has 1 aliphatic heterocycles. The lowest BCUT2D eigenvalue weighted by atomic mass is 9.85. The zero-order valence-electron chi connectivity index (χ0n) is 15.6. The molecule has 0 bridgehead atoms. The fourth-order valence-corrected chi connectivity index (χ4v) is 5.38. The first-order valence-electron chi connectivity index (χ1n) is 9.48. The Morgan fingerprint density at radius 1 is 0.867 bits per heavy atom. The van der Waals surface area contributed by atoms with Gasteiger partial charge < -0.3 is 14.9 Å². The third kappa shape index (κ3) is 2.02. The van der Waals surface area contributed by atoms with E-state index in [0.717, 1.165) is 10.2 Å². The van der Waals surface area contributed by atoms with Gasteiger partial charge in [-0.3, -0.25) is 4.79 Å². The third-order valence-electron chi connectivity index (χ3n) is 5.74. The summed E-state index contributed by atoms with van der Waals surface area (Å²) in [6.07, 6.45) is 0. The molecule has 1 aromatic heterocycles. The molecule has 2 atom stereocenters. The number of carbonyl (C=O) groups is 1. The van der Waals surface area contributed by atoms with Crippen LogP contribution in [-0.2, 0) is 10.5 Å². The van der Waals surface area contributed by atoms with Crippen molar-refractivity contribution in [2.75, 3.05) is 0 Å². The molecule has 30 heavy (non-hydrogen) atoms. The normalized spacial score (nSPS) is 24.8. The van der Waals surface area contributed by atoms with E-state index < -0.39 is 17.2 Å². The van der Waals surface area contributed by atoms with Crippen LogP contribution in [0.1, 0.15) is 26.5 Å². The Bertz CT molecular complexity index is 1340. The molecule has 1 aliphatic carbocycles. The minimum atomic E-state index is -2.30. The van der Waals surface area contributed by atoms with Crippen LogP contribution >= 0.6 is 11.3 Å². The Hall–Kier alpha value is -3.32. The molecule has 0 unspecified atom stereocenters. The summed E-state index contributed by atoms with van der Waals surface area (Å²) in [4.78, 5) is 18.1. The van der Waals surface area contributed by atoms with Gasteiger partial charge in [-0.25, -0.2) is 4.98 Å². The molecule has 0 saturated heterocycles. The zero-order chi connectivity index (χ0) is 20.5. The van der Waals surface area contributed by atoms with Gasteiger partial charge in [-0.05, 0) is 12.1 Å². The number of hydrogen-bond donors (Lipinski definition) is 2. The fourth-order valence-electron chi connectivity index (χ4n) is 4.32. The molecule has 5 nitrogen and oxygen atoms in total. The molecular formula is C24H15NO4S. The first kappa shape index (κ1) is 17.5. The number of Topliss-reactive ketones (excluding diaryl/α,β-unsaturated/α-hetero) is 1. The summed E-state index contributed by atoms with van der Waals surface area (Å²) >= 11 is 1.35. The molecule has 6 rings (SSSR count). The lowest BCUT2D eigenvalue weighted by Crippen LogP contribution is -2.50. The highest BCUT2D eigenvalue weighted by Gasteiger charge is 2.72. The van der Waals surface area contributed by atoms with Gasteiger partial charge in [0.15, 0.2) is 0 Å². The number of nitrogens with zero attached hydrogens (tertiary/aromatic N) is 1. The van der Waals surface area contributed by atoms with Crippen molar-refractivity contribution in [1.29, 1.82) is 0 Å². The average Bonchev–Trinajstić information content (AvgIpc) is 3.36. The van der Waals surface area contributed by atoms with Gasteiger partial charge >= 0.3 is 0 Å². The van der Waals surface area contributed by atoms with Crippen molar-refractivity contribution in [2.24, 2.45) is 0 Å². The second-order valence-corrected chi connectivity index (χ2v) is 8.42. The number of rotatable bonds is 2. The molecule has 0 fully saturated rings. The highest BCUT2D eigenvalue weighted by atomic mass is 32.1. The largest absolute Gasteiger partial charge is 0.453 e. The smallest absolute Gasteiger partial charge is 0.277 e. The van der Waals surface area contributed by atoms with E-state index >= 15 is 0 Å². The molecule has 2 N–H and O–H groups in total. The lowest BCUT2D eigenvalue weighted by Gasteiger charge is -2.30. The number of aliphatic hydroxyl groups is 2. The van der Waals surface area contributed by atoms with E-state index in [0.29, 0.717) is 10.6 Å². The van der Waals surface area contributed by atoms with Crippen LogP contribution in [0.25, 0.3) is 21.5 Å². The standard InChI is InChI=1S/C24H15NO4S/c26-21-15-10-4-5-11-16(15)24(28)23(21,27)19(20(29-24)14-8-2-1-3-9-14)22-25-17-12-6-7-13-18(17)30-22/h1-13,27-28H/t23-,24+/m0/s1. The van der Waals surface area contributed by atoms with E-state index in [-0.39, 0.29) is 22.5 Å². The van der Waals surface area contributed by atoms with Crippen molar-refractivity contribution >= 4 is 38.7 Å². The summed E-state index contributed by atoms with van der Waals surface area (Å²) in [5.74, 6) is -2.57. The number of carbonyl (C=O) groups excluding carboxylic acids is 1. The van der Waals surface area contributed by atoms with Crippen LogP contribution in [0.5, 0.6) is 0 Å². The molecule has 2 heterocycles. The summed E-state index contributed by atoms with van der Waals surface area (Å²) in [7, 11) is 0. The summed E-state index contributed by atoms with van der Waals surface area (Å²) in [5.41, 5.74) is -0.211. The van der Waals surface area contributed by atoms with Gasteiger partial charge in [0.25, 0.3) is 5.79 Å². The Morgan fingerprint density at radius 3 is 2.37 bits per heavy atom. The number of para-hydroxylation sites is 1. The second-order valence-electron chi connectivity index (χ2n) is 7.39. The molecule has 0 saturated carbocycles. The molecule has 3 aromatic carbocycles. The first-order valence-corrected chi connectivity index (χ1v) is 10.3. The maximum Gasteiger partial charge on any atom is 0.277 e. The quantitative estimate of drug-likeness (QED) is 0.520. The van der Waals surface area contributed by atoms with Gasteiger partial charge in [0.05, 0.1) is 15.8 Å². The molecule has 0 amide bonds.